The van der Waals surface area contributed by atoms with E-state index in [9.17, 15) is 23.1 Å². The number of aliphatic hydroxyl groups is 1. The fourth-order valence-corrected chi connectivity index (χ4v) is 4.02. The van der Waals surface area contributed by atoms with Gasteiger partial charge in [0.1, 0.15) is 5.60 Å². The molecule has 0 spiro atoms. The molecular weight excluding hydrogens is 395 g/mol. The monoisotopic (exact) mass is 421 g/mol. The first-order valence-corrected chi connectivity index (χ1v) is 9.86. The standard InChI is InChI=1S/C23H26F3NO3/c1-16(17-9-11-19(12-10-17)23(24,25)26)27-14-13-22(30-20(27)28,15-21(2,3)29)18-7-5-4-6-8-18/h4-12,16,29H,13-15H2,1-3H3/t16-,22-/m0/s1. The highest BCUT2D eigenvalue weighted by Crippen LogP contribution is 2.42. The summed E-state index contributed by atoms with van der Waals surface area (Å²) in [7, 11) is 0. The van der Waals surface area contributed by atoms with Crippen LogP contribution in [-0.2, 0) is 16.5 Å². The van der Waals surface area contributed by atoms with E-state index in [0.29, 0.717) is 18.5 Å². The van der Waals surface area contributed by atoms with Gasteiger partial charge in [0.2, 0.25) is 0 Å². The molecule has 7 heteroatoms. The molecule has 0 unspecified atom stereocenters. The number of carbonyl (C=O) groups excluding carboxylic acids is 1. The predicted octanol–water partition coefficient (Wildman–Crippen LogP) is 5.67. The van der Waals surface area contributed by atoms with Crippen molar-refractivity contribution in [2.45, 2.75) is 57.0 Å². The van der Waals surface area contributed by atoms with Gasteiger partial charge in [-0.25, -0.2) is 4.79 Å². The summed E-state index contributed by atoms with van der Waals surface area (Å²) in [4.78, 5) is 14.5. The van der Waals surface area contributed by atoms with E-state index >= 15 is 0 Å². The molecule has 0 radical (unpaired) electrons. The van der Waals surface area contributed by atoms with Crippen molar-refractivity contribution in [3.63, 3.8) is 0 Å². The molecule has 1 aliphatic heterocycles. The van der Waals surface area contributed by atoms with E-state index in [0.717, 1.165) is 17.7 Å². The van der Waals surface area contributed by atoms with Gasteiger partial charge in [-0.05, 0) is 44.0 Å². The maximum atomic E-state index is 13.0. The van der Waals surface area contributed by atoms with Crippen LogP contribution >= 0.6 is 0 Å². The second-order valence-electron chi connectivity index (χ2n) is 8.46. The first-order chi connectivity index (χ1) is 13.9. The van der Waals surface area contributed by atoms with Crippen LogP contribution in [0.5, 0.6) is 0 Å². The molecule has 162 valence electrons. The number of benzene rings is 2. The topological polar surface area (TPSA) is 49.8 Å². The van der Waals surface area contributed by atoms with Gasteiger partial charge in [-0.15, -0.1) is 0 Å². The van der Waals surface area contributed by atoms with E-state index in [4.69, 9.17) is 4.74 Å². The van der Waals surface area contributed by atoms with Crippen molar-refractivity contribution in [2.75, 3.05) is 6.54 Å². The van der Waals surface area contributed by atoms with Crippen LogP contribution in [0.25, 0.3) is 0 Å². The first-order valence-electron chi connectivity index (χ1n) is 9.86. The Morgan fingerprint density at radius 2 is 1.70 bits per heavy atom. The van der Waals surface area contributed by atoms with E-state index < -0.39 is 35.1 Å². The van der Waals surface area contributed by atoms with Gasteiger partial charge in [0.25, 0.3) is 0 Å². The molecule has 0 aliphatic carbocycles. The average molecular weight is 421 g/mol. The number of halogens is 3. The average Bonchev–Trinajstić information content (AvgIpc) is 2.66. The third-order valence-corrected chi connectivity index (χ3v) is 5.48. The number of hydrogen-bond donors (Lipinski definition) is 1. The van der Waals surface area contributed by atoms with Crippen LogP contribution in [0.3, 0.4) is 0 Å². The molecule has 1 saturated heterocycles. The summed E-state index contributed by atoms with van der Waals surface area (Å²) in [5.41, 5.74) is -1.35. The summed E-state index contributed by atoms with van der Waals surface area (Å²) in [6.07, 6.45) is -4.27. The van der Waals surface area contributed by atoms with Crippen molar-refractivity contribution < 1.29 is 27.8 Å². The molecule has 2 aromatic rings. The largest absolute Gasteiger partial charge is 0.438 e. The normalized spacial score (nSPS) is 21.3. The van der Waals surface area contributed by atoms with Crippen molar-refractivity contribution in [1.82, 2.24) is 4.90 Å². The fraction of sp³-hybridized carbons (Fsp3) is 0.435. The maximum Gasteiger partial charge on any atom is 0.416 e. The van der Waals surface area contributed by atoms with E-state index in [1.165, 1.54) is 17.0 Å². The van der Waals surface area contributed by atoms with Crippen LogP contribution in [0.4, 0.5) is 18.0 Å². The van der Waals surface area contributed by atoms with Crippen LogP contribution in [0.15, 0.2) is 54.6 Å². The summed E-state index contributed by atoms with van der Waals surface area (Å²) >= 11 is 0. The fourth-order valence-electron chi connectivity index (χ4n) is 4.02. The van der Waals surface area contributed by atoms with E-state index in [-0.39, 0.29) is 6.42 Å². The smallest absolute Gasteiger partial charge is 0.416 e. The molecule has 1 fully saturated rings. The van der Waals surface area contributed by atoms with Crippen LogP contribution in [0, 0.1) is 0 Å². The Hall–Kier alpha value is -2.54. The summed E-state index contributed by atoms with van der Waals surface area (Å²) in [6, 6.07) is 13.7. The Balaban J connectivity index is 1.82. The molecule has 0 bridgehead atoms. The number of alkyl halides is 3. The zero-order chi connectivity index (χ0) is 22.2. The molecule has 2 atom stereocenters. The molecule has 1 heterocycles. The van der Waals surface area contributed by atoms with Gasteiger partial charge < -0.3 is 14.7 Å². The van der Waals surface area contributed by atoms with Crippen molar-refractivity contribution in [3.8, 4) is 0 Å². The Kier molecular flexibility index (Phi) is 5.87. The summed E-state index contributed by atoms with van der Waals surface area (Å²) in [5, 5.41) is 10.4. The molecule has 1 N–H and O–H groups in total. The number of cyclic esters (lactones) is 1. The number of rotatable bonds is 5. The molecule has 3 rings (SSSR count). The van der Waals surface area contributed by atoms with Gasteiger partial charge in [-0.1, -0.05) is 42.5 Å². The quantitative estimate of drug-likeness (QED) is 0.677. The highest BCUT2D eigenvalue weighted by Gasteiger charge is 2.46. The summed E-state index contributed by atoms with van der Waals surface area (Å²) in [5.74, 6) is 0. The maximum absolute atomic E-state index is 13.0. The number of amides is 1. The number of carbonyl (C=O) groups is 1. The van der Waals surface area contributed by atoms with Gasteiger partial charge >= 0.3 is 12.3 Å². The molecule has 0 saturated carbocycles. The highest BCUT2D eigenvalue weighted by molar-refractivity contribution is 5.70. The van der Waals surface area contributed by atoms with Crippen molar-refractivity contribution >= 4 is 6.09 Å². The Morgan fingerprint density at radius 1 is 1.10 bits per heavy atom. The zero-order valence-electron chi connectivity index (χ0n) is 17.2. The molecule has 4 nitrogen and oxygen atoms in total. The first kappa shape index (κ1) is 22.2. The van der Waals surface area contributed by atoms with Crippen LogP contribution in [0.2, 0.25) is 0 Å². The van der Waals surface area contributed by atoms with Gasteiger partial charge in [0.05, 0.1) is 17.2 Å². The SMILES string of the molecule is C[C@@H](c1ccc(C(F)(F)F)cc1)N1CC[C@](CC(C)(C)O)(c2ccccc2)OC1=O. The minimum Gasteiger partial charge on any atom is -0.438 e. The Bertz CT molecular complexity index is 875. The van der Waals surface area contributed by atoms with E-state index in [1.54, 1.807) is 20.8 Å². The minimum absolute atomic E-state index is 0.234. The zero-order valence-corrected chi connectivity index (χ0v) is 17.2. The summed E-state index contributed by atoms with van der Waals surface area (Å²) < 4.78 is 44.4. The van der Waals surface area contributed by atoms with Gasteiger partial charge in [0, 0.05) is 19.4 Å². The lowest BCUT2D eigenvalue weighted by atomic mass is 9.80. The third kappa shape index (κ3) is 4.78. The van der Waals surface area contributed by atoms with Gasteiger partial charge in [-0.2, -0.15) is 13.2 Å². The predicted molar refractivity (Wildman–Crippen MR) is 107 cm³/mol. The lowest BCUT2D eigenvalue weighted by Crippen LogP contribution is -2.51. The third-order valence-electron chi connectivity index (χ3n) is 5.48. The van der Waals surface area contributed by atoms with Crippen LogP contribution < -0.4 is 0 Å². The lowest BCUT2D eigenvalue weighted by Gasteiger charge is -2.45. The van der Waals surface area contributed by atoms with Gasteiger partial charge in [-0.3, -0.25) is 0 Å². The van der Waals surface area contributed by atoms with Crippen molar-refractivity contribution in [3.05, 3.63) is 71.3 Å². The van der Waals surface area contributed by atoms with E-state index in [2.05, 4.69) is 0 Å². The highest BCUT2D eigenvalue weighted by atomic mass is 19.4. The molecular formula is C23H26F3NO3. The lowest BCUT2D eigenvalue weighted by molar-refractivity contribution is -0.137. The molecule has 1 amide bonds. The van der Waals surface area contributed by atoms with Crippen molar-refractivity contribution in [1.29, 1.82) is 0 Å². The number of hydrogen-bond acceptors (Lipinski definition) is 3. The number of ether oxygens (including phenoxy) is 1. The molecule has 1 aliphatic rings. The van der Waals surface area contributed by atoms with Crippen molar-refractivity contribution in [2.24, 2.45) is 0 Å². The minimum atomic E-state index is -4.40. The second-order valence-corrected chi connectivity index (χ2v) is 8.46. The second kappa shape index (κ2) is 7.95. The van der Waals surface area contributed by atoms with Gasteiger partial charge in [0.15, 0.2) is 0 Å². The molecule has 30 heavy (non-hydrogen) atoms. The molecule has 0 aromatic heterocycles. The van der Waals surface area contributed by atoms with E-state index in [1.807, 2.05) is 30.3 Å². The van der Waals surface area contributed by atoms with Crippen LogP contribution in [0.1, 0.15) is 56.3 Å². The Labute approximate surface area is 174 Å². The Morgan fingerprint density at radius 3 is 2.20 bits per heavy atom. The summed E-state index contributed by atoms with van der Waals surface area (Å²) in [6.45, 7) is 5.45. The van der Waals surface area contributed by atoms with Crippen LogP contribution in [-0.4, -0.2) is 28.2 Å². The molecule has 2 aromatic carbocycles. The number of nitrogens with zero attached hydrogens (tertiary/aromatic N) is 1.